The fourth-order valence-corrected chi connectivity index (χ4v) is 1.95. The van der Waals surface area contributed by atoms with Crippen molar-refractivity contribution in [2.75, 3.05) is 19.8 Å². The Bertz CT molecular complexity index is 166. The summed E-state index contributed by atoms with van der Waals surface area (Å²) >= 11 is 0. The van der Waals surface area contributed by atoms with E-state index in [1.165, 1.54) is 0 Å². The summed E-state index contributed by atoms with van der Waals surface area (Å²) in [7, 11) is 0. The number of nitrogens with one attached hydrogen (secondary N) is 1. The van der Waals surface area contributed by atoms with Gasteiger partial charge >= 0.3 is 0 Å². The molecule has 0 spiro atoms. The van der Waals surface area contributed by atoms with Crippen LogP contribution in [0.15, 0.2) is 0 Å². The Morgan fingerprint density at radius 2 is 2.13 bits per heavy atom. The lowest BCUT2D eigenvalue weighted by molar-refractivity contribution is 0.0321. The molecule has 0 aliphatic heterocycles. The molecule has 0 bridgehead atoms. The van der Waals surface area contributed by atoms with Gasteiger partial charge in [-0.2, -0.15) is 0 Å². The Morgan fingerprint density at radius 3 is 2.80 bits per heavy atom. The van der Waals surface area contributed by atoms with Gasteiger partial charge in [0.05, 0.1) is 18.8 Å². The Kier molecular flexibility index (Phi) is 6.17. The maximum atomic E-state index is 9.68. The molecule has 90 valence electrons. The van der Waals surface area contributed by atoms with Gasteiger partial charge in [-0.25, -0.2) is 0 Å². The van der Waals surface area contributed by atoms with Crippen molar-refractivity contribution >= 4 is 0 Å². The highest BCUT2D eigenvalue weighted by atomic mass is 16.5. The highest BCUT2D eigenvalue weighted by Gasteiger charge is 2.22. The summed E-state index contributed by atoms with van der Waals surface area (Å²) < 4.78 is 5.11. The summed E-state index contributed by atoms with van der Waals surface area (Å²) in [6, 6.07) is 0.148. The van der Waals surface area contributed by atoms with Crippen molar-refractivity contribution in [2.24, 2.45) is 0 Å². The molecule has 3 unspecified atom stereocenters. The van der Waals surface area contributed by atoms with E-state index in [-0.39, 0.29) is 12.1 Å². The topological polar surface area (TPSA) is 61.7 Å². The molecular formula is C11H23NO3. The average Bonchev–Trinajstić information content (AvgIpc) is 2.25. The molecule has 0 amide bonds. The quantitative estimate of drug-likeness (QED) is 0.598. The third kappa shape index (κ3) is 4.93. The van der Waals surface area contributed by atoms with Gasteiger partial charge in [0, 0.05) is 19.2 Å². The molecule has 0 aromatic heterocycles. The normalized spacial score (nSPS) is 29.0. The fourth-order valence-electron chi connectivity index (χ4n) is 1.95. The van der Waals surface area contributed by atoms with Crippen LogP contribution in [0.1, 0.15) is 32.6 Å². The van der Waals surface area contributed by atoms with Gasteiger partial charge in [-0.15, -0.1) is 0 Å². The van der Waals surface area contributed by atoms with Crippen molar-refractivity contribution in [2.45, 2.75) is 50.9 Å². The second-order valence-corrected chi connectivity index (χ2v) is 4.18. The maximum absolute atomic E-state index is 9.68. The predicted octanol–water partition coefficient (Wildman–Crippen LogP) is 0.277. The lowest BCUT2D eigenvalue weighted by Gasteiger charge is -2.29. The van der Waals surface area contributed by atoms with Crippen LogP contribution in [0, 0.1) is 0 Å². The molecule has 3 N–H and O–H groups in total. The predicted molar refractivity (Wildman–Crippen MR) is 58.8 cm³/mol. The molecular weight excluding hydrogens is 194 g/mol. The minimum atomic E-state index is -0.473. The van der Waals surface area contributed by atoms with Crippen LogP contribution in [0.2, 0.25) is 0 Å². The number of hydrogen-bond acceptors (Lipinski definition) is 4. The lowest BCUT2D eigenvalue weighted by Crippen LogP contribution is -2.45. The zero-order valence-corrected chi connectivity index (χ0v) is 9.48. The van der Waals surface area contributed by atoms with E-state index in [1.807, 2.05) is 6.92 Å². The van der Waals surface area contributed by atoms with E-state index >= 15 is 0 Å². The van der Waals surface area contributed by atoms with Crippen molar-refractivity contribution in [1.29, 1.82) is 0 Å². The highest BCUT2D eigenvalue weighted by molar-refractivity contribution is 4.81. The molecule has 1 rings (SSSR count). The second kappa shape index (κ2) is 7.17. The minimum absolute atomic E-state index is 0.148. The Balaban J connectivity index is 2.11. The molecule has 1 aliphatic carbocycles. The summed E-state index contributed by atoms with van der Waals surface area (Å²) in [4.78, 5) is 0. The number of rotatable bonds is 6. The summed E-state index contributed by atoms with van der Waals surface area (Å²) in [5, 5.41) is 22.4. The molecule has 0 radical (unpaired) electrons. The van der Waals surface area contributed by atoms with Crippen LogP contribution in [0.4, 0.5) is 0 Å². The van der Waals surface area contributed by atoms with Crippen molar-refractivity contribution in [3.8, 4) is 0 Å². The van der Waals surface area contributed by atoms with Crippen LogP contribution in [-0.2, 0) is 4.74 Å². The Labute approximate surface area is 91.6 Å². The van der Waals surface area contributed by atoms with E-state index in [2.05, 4.69) is 5.32 Å². The number of aliphatic hydroxyl groups excluding tert-OH is 2. The molecule has 1 fully saturated rings. The smallest absolute Gasteiger partial charge is 0.0897 e. The van der Waals surface area contributed by atoms with E-state index in [4.69, 9.17) is 4.74 Å². The molecule has 3 atom stereocenters. The number of aliphatic hydroxyl groups is 2. The number of hydrogen-bond donors (Lipinski definition) is 3. The van der Waals surface area contributed by atoms with Crippen LogP contribution in [0.3, 0.4) is 0 Å². The van der Waals surface area contributed by atoms with Crippen LogP contribution in [0.5, 0.6) is 0 Å². The van der Waals surface area contributed by atoms with Crippen LogP contribution in [-0.4, -0.2) is 48.2 Å². The van der Waals surface area contributed by atoms with Crippen molar-refractivity contribution in [1.82, 2.24) is 5.32 Å². The minimum Gasteiger partial charge on any atom is -0.392 e. The summed E-state index contributed by atoms with van der Waals surface area (Å²) in [6.07, 6.45) is 3.43. The van der Waals surface area contributed by atoms with Crippen LogP contribution < -0.4 is 5.32 Å². The average molecular weight is 217 g/mol. The molecule has 0 aromatic rings. The Morgan fingerprint density at radius 1 is 1.40 bits per heavy atom. The second-order valence-electron chi connectivity index (χ2n) is 4.18. The highest BCUT2D eigenvalue weighted by Crippen LogP contribution is 2.18. The third-order valence-corrected chi connectivity index (χ3v) is 2.86. The van der Waals surface area contributed by atoms with E-state index in [0.29, 0.717) is 19.8 Å². The monoisotopic (exact) mass is 217 g/mol. The summed E-state index contributed by atoms with van der Waals surface area (Å²) in [5.41, 5.74) is 0. The van der Waals surface area contributed by atoms with Gasteiger partial charge in [0.15, 0.2) is 0 Å². The molecule has 0 aromatic carbocycles. The molecule has 15 heavy (non-hydrogen) atoms. The van der Waals surface area contributed by atoms with Crippen LogP contribution in [0.25, 0.3) is 0 Å². The van der Waals surface area contributed by atoms with Crippen molar-refractivity contribution in [3.63, 3.8) is 0 Å². The van der Waals surface area contributed by atoms with Crippen molar-refractivity contribution in [3.05, 3.63) is 0 Å². The first-order chi connectivity index (χ1) is 7.24. The summed E-state index contributed by atoms with van der Waals surface area (Å²) in [5.74, 6) is 0. The van der Waals surface area contributed by atoms with E-state index in [0.717, 1.165) is 25.7 Å². The number of ether oxygens (including phenoxy) is 1. The van der Waals surface area contributed by atoms with Crippen molar-refractivity contribution < 1.29 is 14.9 Å². The Hall–Kier alpha value is -0.160. The largest absolute Gasteiger partial charge is 0.392 e. The maximum Gasteiger partial charge on any atom is 0.0897 e. The van der Waals surface area contributed by atoms with Gasteiger partial charge in [-0.3, -0.25) is 0 Å². The van der Waals surface area contributed by atoms with Gasteiger partial charge in [0.2, 0.25) is 0 Å². The SMILES string of the molecule is CCOCC(O)CNC1CCCCC1O. The molecule has 0 heterocycles. The van der Waals surface area contributed by atoms with E-state index < -0.39 is 6.10 Å². The fraction of sp³-hybridized carbons (Fsp3) is 1.00. The summed E-state index contributed by atoms with van der Waals surface area (Å²) in [6.45, 7) is 3.40. The standard InChI is InChI=1S/C11H23NO3/c1-2-15-8-9(13)7-12-10-5-3-4-6-11(10)14/h9-14H,2-8H2,1H3. The van der Waals surface area contributed by atoms with Gasteiger partial charge in [-0.05, 0) is 19.8 Å². The van der Waals surface area contributed by atoms with E-state index in [1.54, 1.807) is 0 Å². The molecule has 4 nitrogen and oxygen atoms in total. The van der Waals surface area contributed by atoms with Gasteiger partial charge < -0.3 is 20.3 Å². The van der Waals surface area contributed by atoms with E-state index in [9.17, 15) is 10.2 Å². The molecule has 1 saturated carbocycles. The van der Waals surface area contributed by atoms with Gasteiger partial charge in [0.25, 0.3) is 0 Å². The van der Waals surface area contributed by atoms with Crippen LogP contribution >= 0.6 is 0 Å². The molecule has 0 saturated heterocycles. The zero-order chi connectivity index (χ0) is 11.1. The lowest BCUT2D eigenvalue weighted by atomic mass is 9.92. The van der Waals surface area contributed by atoms with Gasteiger partial charge in [-0.1, -0.05) is 12.8 Å². The first-order valence-corrected chi connectivity index (χ1v) is 5.91. The van der Waals surface area contributed by atoms with Gasteiger partial charge in [0.1, 0.15) is 0 Å². The first kappa shape index (κ1) is 12.9. The third-order valence-electron chi connectivity index (χ3n) is 2.86. The molecule has 1 aliphatic rings. The molecule has 4 heteroatoms. The zero-order valence-electron chi connectivity index (χ0n) is 9.48. The first-order valence-electron chi connectivity index (χ1n) is 5.91.